The fourth-order valence-corrected chi connectivity index (χ4v) is 17.4. The molecule has 3 aliphatic rings. The van der Waals surface area contributed by atoms with E-state index < -0.39 is 49.7 Å². The molecule has 81 heavy (non-hydrogen) atoms. The Morgan fingerprint density at radius 2 is 1.02 bits per heavy atom. The fourth-order valence-electron chi connectivity index (χ4n) is 11.9. The SMILES string of the molecule is [2H]c1c([2H])c([2H])c(-c2cc(-c3cccc(-c4c([2H])c([2H])c([2H])c([2H])c4[2H])c3N3[CH-]N(c4[c-]c(Oc5[c-]c6c(cc5)[Si]5(c7ccccc7-c7ccccc75)c5ccccc5N6c5cc(C(C)(C)C)ccn5)ccc4)c4ccccc43)cc(C(C)(C)C)c2)c([2H])c1[2H].[Pt]. The maximum atomic E-state index is 9.36. The predicted octanol–water partition coefficient (Wildman–Crippen LogP) is 16.6. The zero-order chi connectivity index (χ0) is 63.0. The van der Waals surface area contributed by atoms with E-state index in [1.165, 1.54) is 26.7 Å². The van der Waals surface area contributed by atoms with E-state index in [-0.39, 0.29) is 61.8 Å². The molecule has 1 spiro atoms. The predicted molar refractivity (Wildman–Crippen MR) is 334 cm³/mol. The summed E-state index contributed by atoms with van der Waals surface area (Å²) in [5.74, 6) is 1.64. The summed E-state index contributed by atoms with van der Waals surface area (Å²) in [6.07, 6.45) is 1.89. The monoisotopic (exact) mass is 1250 g/mol. The molecule has 398 valence electrons. The molecule has 0 fully saturated rings. The molecule has 0 N–H and O–H groups in total. The molecule has 7 heteroatoms. The van der Waals surface area contributed by atoms with Gasteiger partial charge in [-0.1, -0.05) is 217 Å². The van der Waals surface area contributed by atoms with Crippen LogP contribution in [0.15, 0.2) is 243 Å². The van der Waals surface area contributed by atoms with Gasteiger partial charge in [-0.3, -0.25) is 0 Å². The average Bonchev–Trinajstić information content (AvgIpc) is 1.60. The van der Waals surface area contributed by atoms with Gasteiger partial charge in [-0.05, 0) is 107 Å². The second kappa shape index (κ2) is 20.2. The summed E-state index contributed by atoms with van der Waals surface area (Å²) in [6, 6.07) is 62.5. The van der Waals surface area contributed by atoms with Crippen molar-refractivity contribution in [1.82, 2.24) is 4.98 Å². The van der Waals surface area contributed by atoms with E-state index in [0.29, 0.717) is 50.8 Å². The van der Waals surface area contributed by atoms with Gasteiger partial charge in [0.2, 0.25) is 0 Å². The first kappa shape index (κ1) is 41.5. The van der Waals surface area contributed by atoms with Crippen LogP contribution in [0.2, 0.25) is 0 Å². The maximum Gasteiger partial charge on any atom is 0.135 e. The van der Waals surface area contributed by atoms with Crippen LogP contribution in [0.4, 0.5) is 39.9 Å². The van der Waals surface area contributed by atoms with E-state index in [9.17, 15) is 2.74 Å². The minimum absolute atomic E-state index is 0. The number of benzene rings is 10. The van der Waals surface area contributed by atoms with Gasteiger partial charge in [-0.2, -0.15) is 12.1 Å². The van der Waals surface area contributed by atoms with Crippen molar-refractivity contribution in [3.63, 3.8) is 0 Å². The Hall–Kier alpha value is -8.54. The Balaban J connectivity index is 0.00000758. The van der Waals surface area contributed by atoms with Crippen molar-refractivity contribution < 1.29 is 39.5 Å². The summed E-state index contributed by atoms with van der Waals surface area (Å²) in [6.45, 7) is 14.6. The summed E-state index contributed by atoms with van der Waals surface area (Å²) < 4.78 is 95.8. The molecular weight excluding hydrogens is 1180 g/mol. The standard InChI is InChI=1S/C74H59N4OSi.Pt/c1-73(2,3)54-41-42-75-71(46-54)78-65-35-17-20-38-69(65)80(67-36-18-13-29-61(67)62-30-14-19-37-68(62)80)70-40-39-58(48-66(70)78)79-57-28-21-27-56(47-57)76-49-77(64-34-16-15-33-63(64)76)72-59(51-25-11-8-12-26-51)31-22-32-60(72)53-43-52(50-23-9-7-10-24-50)44-55(45-53)74(4,5)6;/h7-46,49H,1-6H3;/q-3;/i7D,8D,9D,10D,11D,12D,23D,24D,25D,26D;. The number of rotatable bonds is 8. The quantitative estimate of drug-likeness (QED) is 0.112. The van der Waals surface area contributed by atoms with E-state index in [2.05, 4.69) is 129 Å². The molecule has 0 atom stereocenters. The summed E-state index contributed by atoms with van der Waals surface area (Å²) >= 11 is 0. The molecule has 1 aromatic heterocycles. The number of anilines is 7. The van der Waals surface area contributed by atoms with E-state index in [1.807, 2.05) is 110 Å². The number of aromatic nitrogens is 1. The number of fused-ring (bicyclic) bond motifs is 10. The number of hydrogen-bond donors (Lipinski definition) is 0. The number of pyridine rings is 1. The molecule has 3 aliphatic heterocycles. The van der Waals surface area contributed by atoms with Crippen LogP contribution in [0, 0.1) is 18.8 Å². The normalized spacial score (nSPS) is 15.4. The van der Waals surface area contributed by atoms with Crippen LogP contribution < -0.4 is 40.2 Å². The molecule has 0 bridgehead atoms. The Bertz CT molecular complexity index is 4730. The number of ether oxygens (including phenoxy) is 1. The van der Waals surface area contributed by atoms with Crippen molar-refractivity contribution in [3.05, 3.63) is 272 Å². The zero-order valence-corrected chi connectivity index (χ0v) is 48.7. The third-order valence-corrected chi connectivity index (χ3v) is 20.6. The second-order valence-electron chi connectivity index (χ2n) is 22.5. The third kappa shape index (κ3) is 8.75. The Morgan fingerprint density at radius 3 is 1.70 bits per heavy atom. The van der Waals surface area contributed by atoms with Gasteiger partial charge in [0.25, 0.3) is 0 Å². The topological polar surface area (TPSA) is 31.8 Å². The molecule has 0 saturated heterocycles. The molecule has 11 aromatic rings. The first-order valence-electron chi connectivity index (χ1n) is 31.9. The molecule has 0 amide bonds. The summed E-state index contributed by atoms with van der Waals surface area (Å²) in [4.78, 5) is 11.3. The van der Waals surface area contributed by atoms with Crippen LogP contribution in [0.25, 0.3) is 44.5 Å². The molecule has 14 rings (SSSR count). The van der Waals surface area contributed by atoms with Crippen LogP contribution >= 0.6 is 0 Å². The van der Waals surface area contributed by atoms with Gasteiger partial charge in [0.15, 0.2) is 0 Å². The van der Waals surface area contributed by atoms with Crippen molar-refractivity contribution >= 4 is 68.8 Å². The van der Waals surface area contributed by atoms with Crippen LogP contribution in [0.3, 0.4) is 0 Å². The number of para-hydroxylation sites is 4. The van der Waals surface area contributed by atoms with Crippen LogP contribution in [-0.4, -0.2) is 13.1 Å². The van der Waals surface area contributed by atoms with Crippen LogP contribution in [0.5, 0.6) is 11.5 Å². The van der Waals surface area contributed by atoms with Crippen molar-refractivity contribution in [2.24, 2.45) is 0 Å². The van der Waals surface area contributed by atoms with Gasteiger partial charge >= 0.3 is 0 Å². The number of nitrogens with zero attached hydrogens (tertiary/aromatic N) is 4. The Labute approximate surface area is 506 Å². The Morgan fingerprint density at radius 1 is 0.469 bits per heavy atom. The second-order valence-corrected chi connectivity index (χ2v) is 26.2. The molecule has 4 heterocycles. The van der Waals surface area contributed by atoms with Gasteiger partial charge in [0, 0.05) is 72.6 Å². The van der Waals surface area contributed by atoms with Crippen LogP contribution in [0.1, 0.15) is 66.4 Å². The van der Waals surface area contributed by atoms with E-state index in [0.717, 1.165) is 39.2 Å². The van der Waals surface area contributed by atoms with Crippen molar-refractivity contribution in [2.75, 3.05) is 14.7 Å². The largest absolute Gasteiger partial charge is 0.509 e. The fraction of sp³-hybridized carbons (Fsp3) is 0.108. The van der Waals surface area contributed by atoms with E-state index in [4.69, 9.17) is 20.7 Å². The van der Waals surface area contributed by atoms with Crippen molar-refractivity contribution in [2.45, 2.75) is 52.4 Å². The van der Waals surface area contributed by atoms with Gasteiger partial charge < -0.3 is 19.4 Å². The van der Waals surface area contributed by atoms with Gasteiger partial charge in [-0.25, -0.2) is 4.98 Å². The first-order valence-corrected chi connectivity index (χ1v) is 28.9. The molecule has 0 radical (unpaired) electrons. The number of hydrogen-bond acceptors (Lipinski definition) is 5. The van der Waals surface area contributed by atoms with Gasteiger partial charge in [-0.15, -0.1) is 47.9 Å². The molecule has 10 aromatic carbocycles. The average molecular weight is 1250 g/mol. The van der Waals surface area contributed by atoms with Gasteiger partial charge in [0.1, 0.15) is 13.9 Å². The Kier molecular flexibility index (Phi) is 10.3. The molecule has 0 saturated carbocycles. The van der Waals surface area contributed by atoms with Crippen LogP contribution in [-0.2, 0) is 31.9 Å². The molecule has 0 aliphatic carbocycles. The van der Waals surface area contributed by atoms with E-state index in [1.54, 1.807) is 18.2 Å². The minimum Gasteiger partial charge on any atom is -0.509 e. The summed E-state index contributed by atoms with van der Waals surface area (Å²) in [7, 11) is -3.01. The van der Waals surface area contributed by atoms with Crippen molar-refractivity contribution in [3.8, 4) is 56.0 Å². The molecular formula is C74H59N4OPtSi-3. The summed E-state index contributed by atoms with van der Waals surface area (Å²) in [5, 5.41) is 5.05. The molecule has 0 unspecified atom stereocenters. The smallest absolute Gasteiger partial charge is 0.135 e. The maximum absolute atomic E-state index is 9.36. The van der Waals surface area contributed by atoms with E-state index >= 15 is 0 Å². The minimum atomic E-state index is -3.01. The zero-order valence-electron chi connectivity index (χ0n) is 55.4. The molecule has 5 nitrogen and oxygen atoms in total. The third-order valence-electron chi connectivity index (χ3n) is 15.7. The van der Waals surface area contributed by atoms with Gasteiger partial charge in [0.05, 0.1) is 13.7 Å². The van der Waals surface area contributed by atoms with Crippen molar-refractivity contribution in [1.29, 1.82) is 0 Å². The first-order chi connectivity index (χ1) is 43.1. The summed E-state index contributed by atoms with van der Waals surface area (Å²) in [5.41, 5.74) is 10.0.